The van der Waals surface area contributed by atoms with Gasteiger partial charge in [-0.1, -0.05) is 71.1 Å². The lowest BCUT2D eigenvalue weighted by atomic mass is 10.1. The van der Waals surface area contributed by atoms with E-state index in [1.54, 1.807) is 0 Å². The highest BCUT2D eigenvalue weighted by Crippen LogP contribution is 2.23. The predicted octanol–water partition coefficient (Wildman–Crippen LogP) is 7.05. The van der Waals surface area contributed by atoms with Crippen molar-refractivity contribution in [1.29, 1.82) is 0 Å². The summed E-state index contributed by atoms with van der Waals surface area (Å²) in [4.78, 5) is 0. The van der Waals surface area contributed by atoms with Gasteiger partial charge >= 0.3 is 0 Å². The second-order valence-corrected chi connectivity index (χ2v) is 11.5. The van der Waals surface area contributed by atoms with E-state index < -0.39 is 0 Å². The van der Waals surface area contributed by atoms with Crippen molar-refractivity contribution in [1.82, 2.24) is 0 Å². The molecule has 0 saturated heterocycles. The van der Waals surface area contributed by atoms with Gasteiger partial charge in [0.25, 0.3) is 0 Å². The minimum Gasteiger partial charge on any atom is -1.00 e. The standard InChI is InChI=1S/C33H54N3O2.BrH/c1-5-6-7-8-14-17-28-37-32-23-19-30(20-24-32)34-35-31-21-25-33(26-22-31)38-29-18-15-12-10-9-11-13-16-27-36(2,3)4;/h19-26H,5-18,27-29H2,1-4H3;1H/q+1;/p-1. The van der Waals surface area contributed by atoms with Crippen LogP contribution in [0.2, 0.25) is 0 Å². The largest absolute Gasteiger partial charge is 1.00 e. The van der Waals surface area contributed by atoms with Crippen molar-refractivity contribution in [3.8, 4) is 11.5 Å². The van der Waals surface area contributed by atoms with Crippen molar-refractivity contribution >= 4 is 11.4 Å². The van der Waals surface area contributed by atoms with E-state index >= 15 is 0 Å². The van der Waals surface area contributed by atoms with Crippen LogP contribution in [0.3, 0.4) is 0 Å². The molecule has 5 nitrogen and oxygen atoms in total. The molecule has 220 valence electrons. The van der Waals surface area contributed by atoms with Gasteiger partial charge in [-0.05, 0) is 74.2 Å². The molecule has 0 spiro atoms. The maximum atomic E-state index is 5.91. The highest BCUT2D eigenvalue weighted by molar-refractivity contribution is 5.44. The maximum absolute atomic E-state index is 5.91. The van der Waals surface area contributed by atoms with Gasteiger partial charge in [-0.3, -0.25) is 0 Å². The predicted molar refractivity (Wildman–Crippen MR) is 161 cm³/mol. The molecular formula is C33H54BrN3O2. The van der Waals surface area contributed by atoms with Crippen LogP contribution in [0.25, 0.3) is 0 Å². The summed E-state index contributed by atoms with van der Waals surface area (Å²) in [6.45, 7) is 5.08. The highest BCUT2D eigenvalue weighted by atomic mass is 79.9. The van der Waals surface area contributed by atoms with E-state index in [4.69, 9.17) is 9.47 Å². The van der Waals surface area contributed by atoms with E-state index in [1.165, 1.54) is 83.6 Å². The SMILES string of the molecule is CCCCCCCCOc1ccc(N=Nc2ccc(OCCCCCCCCCC[N+](C)(C)C)cc2)cc1.[Br-]. The quantitative estimate of drug-likeness (QED) is 0.0822. The number of hydrogen-bond donors (Lipinski definition) is 0. The maximum Gasteiger partial charge on any atom is 0.119 e. The number of nitrogens with zero attached hydrogens (tertiary/aromatic N) is 3. The van der Waals surface area contributed by atoms with E-state index in [0.717, 1.165) is 53.4 Å². The molecule has 6 heteroatoms. The van der Waals surface area contributed by atoms with Crippen molar-refractivity contribution < 1.29 is 30.9 Å². The van der Waals surface area contributed by atoms with Crippen LogP contribution in [0.4, 0.5) is 11.4 Å². The van der Waals surface area contributed by atoms with Gasteiger partial charge in [0.2, 0.25) is 0 Å². The van der Waals surface area contributed by atoms with Crippen LogP contribution < -0.4 is 26.5 Å². The summed E-state index contributed by atoms with van der Waals surface area (Å²) in [5.41, 5.74) is 1.64. The van der Waals surface area contributed by atoms with Crippen LogP contribution in [0, 0.1) is 0 Å². The summed E-state index contributed by atoms with van der Waals surface area (Å²) in [7, 11) is 6.82. The number of quaternary nitrogens is 1. The van der Waals surface area contributed by atoms with Crippen LogP contribution in [0.15, 0.2) is 58.8 Å². The fraction of sp³-hybridized carbons (Fsp3) is 0.636. The van der Waals surface area contributed by atoms with E-state index in [-0.39, 0.29) is 17.0 Å². The number of unbranched alkanes of at least 4 members (excludes halogenated alkanes) is 12. The number of halogens is 1. The van der Waals surface area contributed by atoms with Gasteiger partial charge < -0.3 is 30.9 Å². The molecule has 0 aliphatic heterocycles. The number of ether oxygens (including phenoxy) is 2. The van der Waals surface area contributed by atoms with Crippen molar-refractivity contribution in [2.24, 2.45) is 10.2 Å². The Morgan fingerprint density at radius 1 is 0.513 bits per heavy atom. The second-order valence-electron chi connectivity index (χ2n) is 11.5. The Balaban J connectivity index is 0.00000760. The third-order valence-electron chi connectivity index (χ3n) is 6.71. The van der Waals surface area contributed by atoms with E-state index in [2.05, 4.69) is 38.3 Å². The summed E-state index contributed by atoms with van der Waals surface area (Å²) < 4.78 is 12.8. The lowest BCUT2D eigenvalue weighted by Crippen LogP contribution is -3.00. The van der Waals surface area contributed by atoms with Gasteiger partial charge in [0, 0.05) is 0 Å². The lowest BCUT2D eigenvalue weighted by molar-refractivity contribution is -0.870. The number of benzene rings is 2. The molecule has 0 aromatic heterocycles. The first-order valence-electron chi connectivity index (χ1n) is 15.1. The molecule has 2 aromatic rings. The molecule has 0 amide bonds. The summed E-state index contributed by atoms with van der Waals surface area (Å²) in [5, 5.41) is 8.71. The summed E-state index contributed by atoms with van der Waals surface area (Å²) in [6, 6.07) is 15.7. The molecule has 0 fully saturated rings. The first-order valence-corrected chi connectivity index (χ1v) is 15.1. The summed E-state index contributed by atoms with van der Waals surface area (Å²) in [6.07, 6.45) is 18.1. The van der Waals surface area contributed by atoms with Crippen molar-refractivity contribution in [2.75, 3.05) is 40.9 Å². The van der Waals surface area contributed by atoms with Gasteiger partial charge in [0.15, 0.2) is 0 Å². The first kappa shape index (κ1) is 35.1. The first-order chi connectivity index (χ1) is 18.5. The monoisotopic (exact) mass is 603 g/mol. The molecule has 0 heterocycles. The number of rotatable bonds is 22. The topological polar surface area (TPSA) is 43.2 Å². The van der Waals surface area contributed by atoms with Crippen molar-refractivity contribution in [2.45, 2.75) is 96.8 Å². The third kappa shape index (κ3) is 18.9. The van der Waals surface area contributed by atoms with Crippen LogP contribution in [-0.2, 0) is 0 Å². The van der Waals surface area contributed by atoms with Crippen LogP contribution in [0.5, 0.6) is 11.5 Å². The number of azo groups is 1. The fourth-order valence-electron chi connectivity index (χ4n) is 4.34. The molecule has 2 aromatic carbocycles. The normalized spacial score (nSPS) is 11.5. The molecule has 0 saturated carbocycles. The van der Waals surface area contributed by atoms with Gasteiger partial charge in [0.05, 0.1) is 52.3 Å². The Morgan fingerprint density at radius 3 is 1.26 bits per heavy atom. The van der Waals surface area contributed by atoms with Crippen LogP contribution in [-0.4, -0.2) is 45.4 Å². The smallest absolute Gasteiger partial charge is 0.119 e. The minimum atomic E-state index is 0. The molecule has 0 unspecified atom stereocenters. The molecule has 0 aliphatic rings. The summed E-state index contributed by atoms with van der Waals surface area (Å²) >= 11 is 0. The Bertz CT molecular complexity index is 864. The zero-order valence-corrected chi connectivity index (χ0v) is 26.8. The molecule has 2 rings (SSSR count). The molecule has 39 heavy (non-hydrogen) atoms. The molecular weight excluding hydrogens is 550 g/mol. The zero-order chi connectivity index (χ0) is 27.3. The van der Waals surface area contributed by atoms with Gasteiger partial charge in [-0.25, -0.2) is 0 Å². The Morgan fingerprint density at radius 2 is 0.872 bits per heavy atom. The second kappa shape index (κ2) is 21.8. The van der Waals surface area contributed by atoms with E-state index in [9.17, 15) is 0 Å². The zero-order valence-electron chi connectivity index (χ0n) is 25.2. The van der Waals surface area contributed by atoms with Crippen LogP contribution in [0.1, 0.15) is 96.8 Å². The molecule has 0 atom stereocenters. The van der Waals surface area contributed by atoms with Crippen molar-refractivity contribution in [3.63, 3.8) is 0 Å². The van der Waals surface area contributed by atoms with Gasteiger partial charge in [-0.2, -0.15) is 10.2 Å². The fourth-order valence-corrected chi connectivity index (χ4v) is 4.34. The number of hydrogen-bond acceptors (Lipinski definition) is 4. The molecule has 0 radical (unpaired) electrons. The molecule has 0 N–H and O–H groups in total. The molecule has 0 bridgehead atoms. The molecule has 0 aliphatic carbocycles. The van der Waals surface area contributed by atoms with Crippen LogP contribution >= 0.6 is 0 Å². The Kier molecular flexibility index (Phi) is 19.7. The van der Waals surface area contributed by atoms with Gasteiger partial charge in [0.1, 0.15) is 11.5 Å². The van der Waals surface area contributed by atoms with E-state index in [0.29, 0.717) is 0 Å². The average Bonchev–Trinajstić information content (AvgIpc) is 2.91. The van der Waals surface area contributed by atoms with E-state index in [1.807, 2.05) is 48.5 Å². The van der Waals surface area contributed by atoms with Gasteiger partial charge in [-0.15, -0.1) is 0 Å². The Hall–Kier alpha value is -1.92. The third-order valence-corrected chi connectivity index (χ3v) is 6.71. The van der Waals surface area contributed by atoms with Crippen molar-refractivity contribution in [3.05, 3.63) is 48.5 Å². The Labute approximate surface area is 249 Å². The highest BCUT2D eigenvalue weighted by Gasteiger charge is 2.05. The average molecular weight is 605 g/mol. The lowest BCUT2D eigenvalue weighted by Gasteiger charge is -2.23. The minimum absolute atomic E-state index is 0. The summed E-state index contributed by atoms with van der Waals surface area (Å²) in [5.74, 6) is 1.79.